The molecule has 0 spiro atoms. The third-order valence-corrected chi connectivity index (χ3v) is 8.82. The second-order valence-electron chi connectivity index (χ2n) is 6.87. The van der Waals surface area contributed by atoms with Crippen molar-refractivity contribution in [2.75, 3.05) is 23.8 Å². The van der Waals surface area contributed by atoms with Crippen molar-refractivity contribution < 1.29 is 22.0 Å². The molecule has 0 aliphatic rings. The van der Waals surface area contributed by atoms with Crippen LogP contribution in [0.1, 0.15) is 19.5 Å². The van der Waals surface area contributed by atoms with Gasteiger partial charge in [0.15, 0.2) is 0 Å². The SMILES string of the molecule is CCOP(=O)(CN(c1cccc2cnc(C)cc12)S(=O)(=O)c1cc(Cl)cc(Cl)c1)OCC. The molecule has 2 aromatic carbocycles. The fourth-order valence-electron chi connectivity index (χ4n) is 3.23. The summed E-state index contributed by atoms with van der Waals surface area (Å²) < 4.78 is 52.9. The average Bonchev–Trinajstić information content (AvgIpc) is 2.71. The number of nitrogens with zero attached hydrogens (tertiary/aromatic N) is 2. The molecular weight excluding hydrogens is 494 g/mol. The molecule has 32 heavy (non-hydrogen) atoms. The molecular formula is C21H23Cl2N2O5PS. The molecule has 0 amide bonds. The lowest BCUT2D eigenvalue weighted by Gasteiger charge is -2.29. The van der Waals surface area contributed by atoms with Crippen LogP contribution in [0.25, 0.3) is 10.8 Å². The van der Waals surface area contributed by atoms with Gasteiger partial charge in [0.25, 0.3) is 10.0 Å². The lowest BCUT2D eigenvalue weighted by Crippen LogP contribution is -2.33. The zero-order chi connectivity index (χ0) is 23.5. The minimum absolute atomic E-state index is 0.0900. The summed E-state index contributed by atoms with van der Waals surface area (Å²) in [5, 5.41) is 1.66. The van der Waals surface area contributed by atoms with Crippen LogP contribution in [-0.4, -0.2) is 32.9 Å². The number of hydrogen-bond donors (Lipinski definition) is 0. The standard InChI is InChI=1S/C21H23Cl2N2O5PS/c1-4-29-31(26,30-5-2)14-25(32(27,28)19-11-17(22)10-18(23)12-19)21-8-6-7-16-13-24-15(3)9-20(16)21/h6-13H,4-5,14H2,1-3H3. The topological polar surface area (TPSA) is 85.8 Å². The molecule has 0 unspecified atom stereocenters. The van der Waals surface area contributed by atoms with E-state index in [1.807, 2.05) is 6.07 Å². The molecule has 1 aromatic heterocycles. The largest absolute Gasteiger partial charge is 0.350 e. The van der Waals surface area contributed by atoms with E-state index < -0.39 is 23.9 Å². The van der Waals surface area contributed by atoms with Gasteiger partial charge >= 0.3 is 7.60 Å². The highest BCUT2D eigenvalue weighted by Gasteiger charge is 2.36. The van der Waals surface area contributed by atoms with E-state index in [9.17, 15) is 13.0 Å². The fourth-order valence-corrected chi connectivity index (χ4v) is 7.63. The Labute approximate surface area is 197 Å². The first-order valence-electron chi connectivity index (χ1n) is 9.82. The first-order chi connectivity index (χ1) is 15.1. The Morgan fingerprint density at radius 3 is 2.25 bits per heavy atom. The van der Waals surface area contributed by atoms with Crippen LogP contribution in [0.2, 0.25) is 10.0 Å². The van der Waals surface area contributed by atoms with Gasteiger partial charge in [0, 0.05) is 32.7 Å². The van der Waals surface area contributed by atoms with E-state index in [1.165, 1.54) is 18.2 Å². The van der Waals surface area contributed by atoms with Gasteiger partial charge in [-0.15, -0.1) is 0 Å². The zero-order valence-corrected chi connectivity index (χ0v) is 21.0. The third kappa shape index (κ3) is 5.45. The molecule has 0 fully saturated rings. The molecule has 3 rings (SSSR count). The Hall–Kier alpha value is -1.67. The molecule has 0 aliphatic carbocycles. The Bertz CT molecular complexity index is 1260. The number of benzene rings is 2. The number of halogens is 2. The second kappa shape index (κ2) is 10.1. The number of anilines is 1. The van der Waals surface area contributed by atoms with Gasteiger partial charge in [0.2, 0.25) is 0 Å². The highest BCUT2D eigenvalue weighted by Crippen LogP contribution is 2.51. The molecule has 0 N–H and O–H groups in total. The predicted molar refractivity (Wildman–Crippen MR) is 128 cm³/mol. The van der Waals surface area contributed by atoms with E-state index in [1.54, 1.807) is 45.2 Å². The summed E-state index contributed by atoms with van der Waals surface area (Å²) in [5.41, 5.74) is 1.01. The molecule has 3 aromatic rings. The van der Waals surface area contributed by atoms with Crippen molar-refractivity contribution in [2.24, 2.45) is 0 Å². The van der Waals surface area contributed by atoms with E-state index in [2.05, 4.69) is 4.98 Å². The van der Waals surface area contributed by atoms with E-state index in [4.69, 9.17) is 32.2 Å². The molecule has 0 bridgehead atoms. The lowest BCUT2D eigenvalue weighted by atomic mass is 10.1. The van der Waals surface area contributed by atoms with Crippen LogP contribution in [-0.2, 0) is 23.6 Å². The third-order valence-electron chi connectivity index (χ3n) is 4.52. The molecule has 11 heteroatoms. The second-order valence-corrected chi connectivity index (χ2v) is 11.6. The Morgan fingerprint density at radius 2 is 1.66 bits per heavy atom. The molecule has 1 heterocycles. The Kier molecular flexibility index (Phi) is 7.86. The number of fused-ring (bicyclic) bond motifs is 1. The van der Waals surface area contributed by atoms with Crippen molar-refractivity contribution in [3.63, 3.8) is 0 Å². The van der Waals surface area contributed by atoms with Gasteiger partial charge < -0.3 is 9.05 Å². The molecule has 0 saturated carbocycles. The number of rotatable bonds is 9. The van der Waals surface area contributed by atoms with Crippen LogP contribution in [0.4, 0.5) is 5.69 Å². The van der Waals surface area contributed by atoms with E-state index in [-0.39, 0.29) is 28.2 Å². The van der Waals surface area contributed by atoms with Gasteiger partial charge in [-0.3, -0.25) is 13.9 Å². The van der Waals surface area contributed by atoms with Crippen molar-refractivity contribution in [3.05, 3.63) is 64.4 Å². The van der Waals surface area contributed by atoms with Crippen molar-refractivity contribution >= 4 is 57.3 Å². The van der Waals surface area contributed by atoms with Gasteiger partial charge in [-0.25, -0.2) is 8.42 Å². The summed E-state index contributed by atoms with van der Waals surface area (Å²) >= 11 is 12.2. The summed E-state index contributed by atoms with van der Waals surface area (Å²) in [4.78, 5) is 4.14. The number of aromatic nitrogens is 1. The first kappa shape index (κ1) is 25.0. The smallest absolute Gasteiger partial charge is 0.308 e. The number of pyridine rings is 1. The number of sulfonamides is 1. The normalized spacial score (nSPS) is 12.3. The lowest BCUT2D eigenvalue weighted by molar-refractivity contribution is 0.221. The van der Waals surface area contributed by atoms with Crippen molar-refractivity contribution in [2.45, 2.75) is 25.7 Å². The minimum atomic E-state index is -4.26. The van der Waals surface area contributed by atoms with Gasteiger partial charge in [-0.1, -0.05) is 35.3 Å². The number of hydrogen-bond acceptors (Lipinski definition) is 6. The van der Waals surface area contributed by atoms with Gasteiger partial charge in [0.05, 0.1) is 23.8 Å². The molecule has 0 saturated heterocycles. The zero-order valence-electron chi connectivity index (χ0n) is 17.8. The van der Waals surface area contributed by atoms with Crippen molar-refractivity contribution in [1.29, 1.82) is 0 Å². The van der Waals surface area contributed by atoms with Crippen LogP contribution in [0.15, 0.2) is 53.6 Å². The maximum Gasteiger partial charge on any atom is 0.350 e. The monoisotopic (exact) mass is 516 g/mol. The highest BCUT2D eigenvalue weighted by atomic mass is 35.5. The maximum atomic E-state index is 13.8. The summed E-state index contributed by atoms with van der Waals surface area (Å²) in [6, 6.07) is 10.9. The summed E-state index contributed by atoms with van der Waals surface area (Å²) in [6.07, 6.45) is 1.13. The summed E-state index contributed by atoms with van der Waals surface area (Å²) in [7, 11) is -8.07. The first-order valence-corrected chi connectivity index (χ1v) is 13.7. The van der Waals surface area contributed by atoms with Crippen LogP contribution in [0.5, 0.6) is 0 Å². The Balaban J connectivity index is 2.27. The average molecular weight is 517 g/mol. The molecule has 0 atom stereocenters. The van der Waals surface area contributed by atoms with Crippen LogP contribution in [0, 0.1) is 6.92 Å². The molecule has 0 radical (unpaired) electrons. The summed E-state index contributed by atoms with van der Waals surface area (Å²) in [6.45, 7) is 5.30. The van der Waals surface area contributed by atoms with Crippen LogP contribution < -0.4 is 4.31 Å². The highest BCUT2D eigenvalue weighted by molar-refractivity contribution is 7.93. The van der Waals surface area contributed by atoms with Gasteiger partial charge in [-0.05, 0) is 51.1 Å². The number of aryl methyl sites for hydroxylation is 1. The molecule has 172 valence electrons. The maximum absolute atomic E-state index is 13.8. The predicted octanol–water partition coefficient (Wildman–Crippen LogP) is 6.27. The van der Waals surface area contributed by atoms with Crippen molar-refractivity contribution in [1.82, 2.24) is 4.98 Å². The van der Waals surface area contributed by atoms with Crippen molar-refractivity contribution in [3.8, 4) is 0 Å². The summed E-state index contributed by atoms with van der Waals surface area (Å²) in [5.74, 6) is 0. The van der Waals surface area contributed by atoms with E-state index >= 15 is 0 Å². The van der Waals surface area contributed by atoms with Gasteiger partial charge in [-0.2, -0.15) is 0 Å². The quantitative estimate of drug-likeness (QED) is 0.311. The van der Waals surface area contributed by atoms with Gasteiger partial charge in [0.1, 0.15) is 6.29 Å². The molecule has 7 nitrogen and oxygen atoms in total. The van der Waals surface area contributed by atoms with E-state index in [0.717, 1.165) is 9.69 Å². The Morgan fingerprint density at radius 1 is 1.03 bits per heavy atom. The van der Waals surface area contributed by atoms with E-state index in [0.29, 0.717) is 16.8 Å². The fraction of sp³-hybridized carbons (Fsp3) is 0.286. The van der Waals surface area contributed by atoms with Crippen LogP contribution >= 0.6 is 30.8 Å². The molecule has 0 aliphatic heterocycles. The van der Waals surface area contributed by atoms with Crippen LogP contribution in [0.3, 0.4) is 0 Å². The minimum Gasteiger partial charge on any atom is -0.308 e.